The second-order valence-electron chi connectivity index (χ2n) is 6.28. The number of hydrogen-bond acceptors (Lipinski definition) is 3. The average molecular weight is 319 g/mol. The Labute approximate surface area is 142 Å². The Morgan fingerprint density at radius 1 is 1.04 bits per heavy atom. The maximum atomic E-state index is 12.9. The van der Waals surface area contributed by atoms with Crippen LogP contribution in [0.2, 0.25) is 0 Å². The molecule has 0 N–H and O–H groups in total. The van der Waals surface area contributed by atoms with Gasteiger partial charge in [0.05, 0.1) is 0 Å². The lowest BCUT2D eigenvalue weighted by Gasteiger charge is -2.33. The van der Waals surface area contributed by atoms with Crippen molar-refractivity contribution in [2.45, 2.75) is 25.3 Å². The van der Waals surface area contributed by atoms with Crippen LogP contribution in [0.4, 0.5) is 0 Å². The van der Waals surface area contributed by atoms with Crippen LogP contribution < -0.4 is 0 Å². The first kappa shape index (κ1) is 16.2. The minimum absolute atomic E-state index is 0.0329. The number of hydrogen-bond donors (Lipinski definition) is 0. The van der Waals surface area contributed by atoms with Gasteiger partial charge in [-0.15, -0.1) is 6.58 Å². The molecule has 3 heteroatoms. The topological polar surface area (TPSA) is 38.7 Å². The van der Waals surface area contributed by atoms with Crippen LogP contribution in [0, 0.1) is 5.92 Å². The van der Waals surface area contributed by atoms with Gasteiger partial charge in [0.25, 0.3) is 0 Å². The van der Waals surface area contributed by atoms with Crippen molar-refractivity contribution in [3.63, 3.8) is 0 Å². The van der Waals surface area contributed by atoms with Crippen molar-refractivity contribution in [1.29, 1.82) is 0 Å². The molecule has 2 aromatic rings. The highest BCUT2D eigenvalue weighted by atomic mass is 16.6. The van der Waals surface area contributed by atoms with Crippen molar-refractivity contribution in [3.05, 3.63) is 84.4 Å². The van der Waals surface area contributed by atoms with Crippen molar-refractivity contribution in [2.75, 3.05) is 0 Å². The van der Waals surface area contributed by atoms with Crippen LogP contribution in [0.1, 0.15) is 30.9 Å². The Hall–Kier alpha value is -2.68. The SMILES string of the molecule is C=C[C@@H](c1ccccc1)[C@@]1(C(C)C)N=C(c2ccccc2)OC1=O. The molecule has 0 amide bonds. The summed E-state index contributed by atoms with van der Waals surface area (Å²) in [7, 11) is 0. The van der Waals surface area contributed by atoms with Crippen molar-refractivity contribution in [2.24, 2.45) is 10.9 Å². The van der Waals surface area contributed by atoms with Gasteiger partial charge in [0.1, 0.15) is 0 Å². The summed E-state index contributed by atoms with van der Waals surface area (Å²) in [5.41, 5.74) is 0.828. The lowest BCUT2D eigenvalue weighted by atomic mass is 9.72. The zero-order valence-electron chi connectivity index (χ0n) is 14.0. The van der Waals surface area contributed by atoms with E-state index in [1.54, 1.807) is 6.08 Å². The highest BCUT2D eigenvalue weighted by molar-refractivity contribution is 6.08. The standard InChI is InChI=1S/C21H21NO2/c1-4-18(16-11-7-5-8-12-16)21(15(2)3)20(23)24-19(22-21)17-13-9-6-10-14-17/h4-15,18H,1H2,2-3H3/t18-,21+/m0/s1. The zero-order valence-corrected chi connectivity index (χ0v) is 14.0. The van der Waals surface area contributed by atoms with Crippen molar-refractivity contribution >= 4 is 11.9 Å². The molecule has 3 rings (SSSR count). The Bertz CT molecular complexity index is 765. The molecule has 0 saturated carbocycles. The summed E-state index contributed by atoms with van der Waals surface area (Å²) < 4.78 is 5.59. The summed E-state index contributed by atoms with van der Waals surface area (Å²) >= 11 is 0. The number of aliphatic imine (C=N–C) groups is 1. The molecule has 0 spiro atoms. The van der Waals surface area contributed by atoms with Gasteiger partial charge in [-0.1, -0.05) is 68.5 Å². The van der Waals surface area contributed by atoms with Crippen LogP contribution in [-0.2, 0) is 9.53 Å². The van der Waals surface area contributed by atoms with Gasteiger partial charge in [0.2, 0.25) is 5.90 Å². The molecule has 24 heavy (non-hydrogen) atoms. The summed E-state index contributed by atoms with van der Waals surface area (Å²) in [6.07, 6.45) is 1.80. The third-order valence-corrected chi connectivity index (χ3v) is 4.57. The predicted molar refractivity (Wildman–Crippen MR) is 96.0 cm³/mol. The van der Waals surface area contributed by atoms with Gasteiger partial charge in [-0.05, 0) is 23.6 Å². The minimum Gasteiger partial charge on any atom is -0.405 e. The molecule has 2 atom stereocenters. The first-order chi connectivity index (χ1) is 11.6. The van der Waals surface area contributed by atoms with Gasteiger partial charge in [0, 0.05) is 11.5 Å². The fourth-order valence-electron chi connectivity index (χ4n) is 3.26. The van der Waals surface area contributed by atoms with E-state index in [9.17, 15) is 4.79 Å². The summed E-state index contributed by atoms with van der Waals surface area (Å²) in [5, 5.41) is 0. The van der Waals surface area contributed by atoms with E-state index in [0.717, 1.165) is 11.1 Å². The Kier molecular flexibility index (Phi) is 4.34. The number of carbonyl (C=O) groups excluding carboxylic acids is 1. The number of benzene rings is 2. The fraction of sp³-hybridized carbons (Fsp3) is 0.238. The first-order valence-corrected chi connectivity index (χ1v) is 8.14. The molecule has 122 valence electrons. The molecule has 1 heterocycles. The number of ether oxygens (including phenoxy) is 1. The third kappa shape index (κ3) is 2.56. The lowest BCUT2D eigenvalue weighted by Crippen LogP contribution is -2.44. The third-order valence-electron chi connectivity index (χ3n) is 4.57. The van der Waals surface area contributed by atoms with E-state index in [-0.39, 0.29) is 17.8 Å². The first-order valence-electron chi connectivity index (χ1n) is 8.14. The van der Waals surface area contributed by atoms with E-state index in [2.05, 4.69) is 6.58 Å². The van der Waals surface area contributed by atoms with Crippen LogP contribution >= 0.6 is 0 Å². The number of rotatable bonds is 5. The summed E-state index contributed by atoms with van der Waals surface area (Å²) in [4.78, 5) is 17.7. The highest BCUT2D eigenvalue weighted by Gasteiger charge is 2.53. The zero-order chi connectivity index (χ0) is 17.2. The molecule has 0 aliphatic carbocycles. The summed E-state index contributed by atoms with van der Waals surface area (Å²) in [6, 6.07) is 19.4. The second-order valence-corrected chi connectivity index (χ2v) is 6.28. The Morgan fingerprint density at radius 2 is 1.62 bits per heavy atom. The quantitative estimate of drug-likeness (QED) is 0.607. The maximum Gasteiger partial charge on any atom is 0.342 e. The van der Waals surface area contributed by atoms with Crippen LogP contribution in [-0.4, -0.2) is 17.4 Å². The Morgan fingerprint density at radius 3 is 2.17 bits per heavy atom. The molecule has 0 bridgehead atoms. The maximum absolute atomic E-state index is 12.9. The molecule has 2 aromatic carbocycles. The van der Waals surface area contributed by atoms with Crippen LogP contribution in [0.5, 0.6) is 0 Å². The fourth-order valence-corrected chi connectivity index (χ4v) is 3.26. The monoisotopic (exact) mass is 319 g/mol. The summed E-state index contributed by atoms with van der Waals surface area (Å²) in [6.45, 7) is 7.96. The van der Waals surface area contributed by atoms with Crippen molar-refractivity contribution in [1.82, 2.24) is 0 Å². The highest BCUT2D eigenvalue weighted by Crippen LogP contribution is 2.43. The van der Waals surface area contributed by atoms with Crippen LogP contribution in [0.15, 0.2) is 78.3 Å². The predicted octanol–water partition coefficient (Wildman–Crippen LogP) is 4.35. The molecular weight excluding hydrogens is 298 g/mol. The second kappa shape index (κ2) is 6.44. The molecule has 0 unspecified atom stereocenters. The molecule has 3 nitrogen and oxygen atoms in total. The number of carbonyl (C=O) groups is 1. The van der Waals surface area contributed by atoms with Gasteiger partial charge >= 0.3 is 5.97 Å². The Balaban J connectivity index is 2.13. The van der Waals surface area contributed by atoms with Crippen LogP contribution in [0.3, 0.4) is 0 Å². The van der Waals surface area contributed by atoms with E-state index >= 15 is 0 Å². The van der Waals surface area contributed by atoms with Crippen molar-refractivity contribution < 1.29 is 9.53 Å². The molecule has 0 saturated heterocycles. The molecule has 1 aliphatic heterocycles. The molecule has 1 aliphatic rings. The van der Waals surface area contributed by atoms with E-state index in [0.29, 0.717) is 5.90 Å². The van der Waals surface area contributed by atoms with Crippen molar-refractivity contribution in [3.8, 4) is 0 Å². The van der Waals surface area contributed by atoms with E-state index in [1.807, 2.05) is 74.5 Å². The normalized spacial score (nSPS) is 21.3. The number of cyclic esters (lactones) is 1. The minimum atomic E-state index is -0.992. The van der Waals surface area contributed by atoms with E-state index < -0.39 is 5.54 Å². The van der Waals surface area contributed by atoms with E-state index in [4.69, 9.17) is 9.73 Å². The van der Waals surface area contributed by atoms with Crippen LogP contribution in [0.25, 0.3) is 0 Å². The average Bonchev–Trinajstić information content (AvgIpc) is 2.96. The van der Waals surface area contributed by atoms with Gasteiger partial charge in [-0.2, -0.15) is 0 Å². The van der Waals surface area contributed by atoms with E-state index in [1.165, 1.54) is 0 Å². The van der Waals surface area contributed by atoms with Gasteiger partial charge < -0.3 is 4.74 Å². The summed E-state index contributed by atoms with van der Waals surface area (Å²) in [5.74, 6) is -0.205. The van der Waals surface area contributed by atoms with Gasteiger partial charge in [-0.25, -0.2) is 9.79 Å². The number of esters is 1. The molecule has 0 fully saturated rings. The lowest BCUT2D eigenvalue weighted by molar-refractivity contribution is -0.141. The van der Waals surface area contributed by atoms with Gasteiger partial charge in [0.15, 0.2) is 5.54 Å². The molecular formula is C21H21NO2. The number of nitrogens with zero attached hydrogens (tertiary/aromatic N) is 1. The molecule has 0 aromatic heterocycles. The smallest absolute Gasteiger partial charge is 0.342 e. The molecule has 0 radical (unpaired) electrons. The largest absolute Gasteiger partial charge is 0.405 e. The van der Waals surface area contributed by atoms with Gasteiger partial charge in [-0.3, -0.25) is 0 Å².